The van der Waals surface area contributed by atoms with Crippen LogP contribution in [0.15, 0.2) is 48.5 Å². The molecule has 0 bridgehead atoms. The minimum atomic E-state index is -3.53. The fraction of sp³-hybridized carbons (Fsp3) is 0.0667. The second-order valence-electron chi connectivity index (χ2n) is 5.03. The maximum Gasteiger partial charge on any atom is 0.256 e. The predicted molar refractivity (Wildman–Crippen MR) is 90.2 cm³/mol. The molecule has 1 aromatic heterocycles. The fourth-order valence-corrected chi connectivity index (χ4v) is 2.61. The Kier molecular flexibility index (Phi) is 4.25. The zero-order chi connectivity index (χ0) is 17.3. The van der Waals surface area contributed by atoms with Crippen LogP contribution in [-0.2, 0) is 10.0 Å². The lowest BCUT2D eigenvalue weighted by atomic mass is 10.2. The number of hydrogen-bond donors (Lipinski definition) is 1. The summed E-state index contributed by atoms with van der Waals surface area (Å²) in [4.78, 5) is 4.20. The van der Waals surface area contributed by atoms with Gasteiger partial charge in [-0.15, -0.1) is 5.10 Å². The van der Waals surface area contributed by atoms with Gasteiger partial charge in [0.25, 0.3) is 5.95 Å². The standard InChI is InChI=1S/C15H12ClFN4O2S/c1-24(22,23)20-15-18-14(10-2-6-12(17)7-3-10)21(19-15)13-8-4-11(16)5-9-13/h2-9H,1H3,(H,19,20). The molecule has 6 nitrogen and oxygen atoms in total. The first-order valence-corrected chi connectivity index (χ1v) is 9.05. The Balaban J connectivity index is 2.14. The van der Waals surface area contributed by atoms with Gasteiger partial charge >= 0.3 is 0 Å². The van der Waals surface area contributed by atoms with Crippen molar-refractivity contribution in [2.45, 2.75) is 0 Å². The van der Waals surface area contributed by atoms with Crippen molar-refractivity contribution >= 4 is 27.6 Å². The first-order valence-electron chi connectivity index (χ1n) is 6.78. The summed E-state index contributed by atoms with van der Waals surface area (Å²) in [5.41, 5.74) is 1.22. The van der Waals surface area contributed by atoms with E-state index in [1.54, 1.807) is 24.3 Å². The van der Waals surface area contributed by atoms with Gasteiger partial charge in [-0.1, -0.05) is 11.6 Å². The van der Waals surface area contributed by atoms with E-state index >= 15 is 0 Å². The molecular weight excluding hydrogens is 355 g/mol. The summed E-state index contributed by atoms with van der Waals surface area (Å²) in [5.74, 6) is -0.0963. The Bertz CT molecular complexity index is 907. The first-order chi connectivity index (χ1) is 11.3. The van der Waals surface area contributed by atoms with E-state index in [2.05, 4.69) is 14.8 Å². The number of nitrogens with zero attached hydrogens (tertiary/aromatic N) is 3. The van der Waals surface area contributed by atoms with E-state index in [4.69, 9.17) is 11.6 Å². The first kappa shape index (κ1) is 16.4. The van der Waals surface area contributed by atoms with Crippen LogP contribution >= 0.6 is 11.6 Å². The molecule has 0 fully saturated rings. The molecule has 0 aliphatic carbocycles. The molecule has 3 rings (SSSR count). The maximum atomic E-state index is 13.1. The molecule has 0 saturated carbocycles. The fourth-order valence-electron chi connectivity index (χ4n) is 2.07. The predicted octanol–water partition coefficient (Wildman–Crippen LogP) is 3.10. The van der Waals surface area contributed by atoms with E-state index in [1.165, 1.54) is 28.9 Å². The molecule has 0 aliphatic rings. The Morgan fingerprint density at radius 2 is 1.71 bits per heavy atom. The van der Waals surface area contributed by atoms with Gasteiger partial charge in [0, 0.05) is 10.6 Å². The molecule has 1 heterocycles. The maximum absolute atomic E-state index is 13.1. The lowest BCUT2D eigenvalue weighted by Crippen LogP contribution is -2.11. The van der Waals surface area contributed by atoms with Crippen LogP contribution < -0.4 is 4.72 Å². The number of rotatable bonds is 4. The lowest BCUT2D eigenvalue weighted by Gasteiger charge is -2.05. The molecular formula is C15H12ClFN4O2S. The molecule has 124 valence electrons. The van der Waals surface area contributed by atoms with E-state index in [9.17, 15) is 12.8 Å². The van der Waals surface area contributed by atoms with E-state index in [0.29, 0.717) is 22.1 Å². The summed E-state index contributed by atoms with van der Waals surface area (Å²) in [6.07, 6.45) is 1.01. The number of anilines is 1. The van der Waals surface area contributed by atoms with Crippen molar-refractivity contribution in [3.63, 3.8) is 0 Å². The van der Waals surface area contributed by atoms with Crippen molar-refractivity contribution in [2.75, 3.05) is 11.0 Å². The Morgan fingerprint density at radius 1 is 1.08 bits per heavy atom. The molecule has 2 aromatic carbocycles. The summed E-state index contributed by atoms with van der Waals surface area (Å²) in [6.45, 7) is 0. The minimum Gasteiger partial charge on any atom is -0.250 e. The normalized spacial score (nSPS) is 11.5. The summed E-state index contributed by atoms with van der Waals surface area (Å²) in [6, 6.07) is 12.4. The van der Waals surface area contributed by atoms with E-state index in [0.717, 1.165) is 6.26 Å². The van der Waals surface area contributed by atoms with Crippen LogP contribution in [0.5, 0.6) is 0 Å². The van der Waals surface area contributed by atoms with Crippen LogP contribution in [0.25, 0.3) is 17.1 Å². The molecule has 0 aliphatic heterocycles. The van der Waals surface area contributed by atoms with Gasteiger partial charge in [-0.2, -0.15) is 4.98 Å². The van der Waals surface area contributed by atoms with Crippen LogP contribution in [0.4, 0.5) is 10.3 Å². The van der Waals surface area contributed by atoms with Crippen LogP contribution in [0, 0.1) is 5.82 Å². The molecule has 0 atom stereocenters. The topological polar surface area (TPSA) is 76.9 Å². The van der Waals surface area contributed by atoms with Crippen molar-refractivity contribution in [3.05, 3.63) is 59.4 Å². The highest BCUT2D eigenvalue weighted by Crippen LogP contribution is 2.24. The molecule has 9 heteroatoms. The van der Waals surface area contributed by atoms with Gasteiger partial charge in [0.2, 0.25) is 10.0 Å². The van der Waals surface area contributed by atoms with Crippen LogP contribution in [0.3, 0.4) is 0 Å². The van der Waals surface area contributed by atoms with Crippen molar-refractivity contribution in [1.82, 2.24) is 14.8 Å². The van der Waals surface area contributed by atoms with Crippen molar-refractivity contribution in [1.29, 1.82) is 0 Å². The van der Waals surface area contributed by atoms with Gasteiger partial charge in [-0.25, -0.2) is 17.5 Å². The molecule has 3 aromatic rings. The highest BCUT2D eigenvalue weighted by Gasteiger charge is 2.16. The minimum absolute atomic E-state index is 0.0771. The summed E-state index contributed by atoms with van der Waals surface area (Å²) < 4.78 is 39.7. The van der Waals surface area contributed by atoms with Crippen molar-refractivity contribution in [3.8, 4) is 17.1 Å². The van der Waals surface area contributed by atoms with E-state index in [1.807, 2.05) is 0 Å². The van der Waals surface area contributed by atoms with Gasteiger partial charge < -0.3 is 0 Å². The van der Waals surface area contributed by atoms with E-state index in [-0.39, 0.29) is 11.8 Å². The van der Waals surface area contributed by atoms with Crippen LogP contribution in [-0.4, -0.2) is 29.4 Å². The second-order valence-corrected chi connectivity index (χ2v) is 7.21. The molecule has 0 radical (unpaired) electrons. The zero-order valence-corrected chi connectivity index (χ0v) is 14.0. The Labute approximate surface area is 143 Å². The number of nitrogens with one attached hydrogen (secondary N) is 1. The Morgan fingerprint density at radius 3 is 2.29 bits per heavy atom. The molecule has 0 spiro atoms. The zero-order valence-electron chi connectivity index (χ0n) is 12.4. The van der Waals surface area contributed by atoms with Gasteiger partial charge in [0.05, 0.1) is 11.9 Å². The second kappa shape index (κ2) is 6.21. The quantitative estimate of drug-likeness (QED) is 0.769. The van der Waals surface area contributed by atoms with Gasteiger partial charge in [-0.05, 0) is 48.5 Å². The molecule has 0 amide bonds. The van der Waals surface area contributed by atoms with Crippen LogP contribution in [0.1, 0.15) is 0 Å². The average molecular weight is 367 g/mol. The number of benzene rings is 2. The Hall–Kier alpha value is -2.45. The average Bonchev–Trinajstić information content (AvgIpc) is 2.90. The number of sulfonamides is 1. The molecule has 1 N–H and O–H groups in total. The third-order valence-electron chi connectivity index (χ3n) is 3.06. The SMILES string of the molecule is CS(=O)(=O)Nc1nc(-c2ccc(F)cc2)n(-c2ccc(Cl)cc2)n1. The summed E-state index contributed by atoms with van der Waals surface area (Å²) in [7, 11) is -3.53. The highest BCUT2D eigenvalue weighted by molar-refractivity contribution is 7.91. The van der Waals surface area contributed by atoms with Crippen molar-refractivity contribution in [2.24, 2.45) is 0 Å². The highest BCUT2D eigenvalue weighted by atomic mass is 35.5. The van der Waals surface area contributed by atoms with Crippen molar-refractivity contribution < 1.29 is 12.8 Å². The number of aromatic nitrogens is 3. The summed E-state index contributed by atoms with van der Waals surface area (Å²) >= 11 is 5.89. The van der Waals surface area contributed by atoms with Gasteiger partial charge in [-0.3, -0.25) is 4.72 Å². The third kappa shape index (κ3) is 3.72. The monoisotopic (exact) mass is 366 g/mol. The smallest absolute Gasteiger partial charge is 0.250 e. The molecule has 0 saturated heterocycles. The van der Waals surface area contributed by atoms with Gasteiger partial charge in [0.15, 0.2) is 5.82 Å². The third-order valence-corrected chi connectivity index (χ3v) is 3.86. The van der Waals surface area contributed by atoms with Crippen LogP contribution in [0.2, 0.25) is 5.02 Å². The van der Waals surface area contributed by atoms with Gasteiger partial charge in [0.1, 0.15) is 5.82 Å². The molecule has 24 heavy (non-hydrogen) atoms. The largest absolute Gasteiger partial charge is 0.256 e. The van der Waals surface area contributed by atoms with E-state index < -0.39 is 10.0 Å². The lowest BCUT2D eigenvalue weighted by molar-refractivity contribution is 0.606. The summed E-state index contributed by atoms with van der Waals surface area (Å²) in [5, 5.41) is 4.73. The number of halogens is 2. The number of hydrogen-bond acceptors (Lipinski definition) is 4. The molecule has 0 unspecified atom stereocenters.